The zero-order valence-electron chi connectivity index (χ0n) is 16.7. The first-order chi connectivity index (χ1) is 14.7. The van der Waals surface area contributed by atoms with E-state index in [0.29, 0.717) is 0 Å². The highest BCUT2D eigenvalue weighted by atomic mass is 16.6. The summed E-state index contributed by atoms with van der Waals surface area (Å²) in [5.41, 5.74) is 1.04. The molecule has 0 saturated carbocycles. The predicted molar refractivity (Wildman–Crippen MR) is 112 cm³/mol. The molecule has 1 unspecified atom stereocenters. The Bertz CT molecular complexity index is 966. The van der Waals surface area contributed by atoms with Gasteiger partial charge in [-0.05, 0) is 12.5 Å². The molecule has 1 fully saturated rings. The van der Waals surface area contributed by atoms with Crippen molar-refractivity contribution < 1.29 is 19.1 Å². The second-order valence-corrected chi connectivity index (χ2v) is 7.01. The van der Waals surface area contributed by atoms with Gasteiger partial charge in [0.05, 0.1) is 6.61 Å². The Labute approximate surface area is 175 Å². The summed E-state index contributed by atoms with van der Waals surface area (Å²) in [4.78, 5) is 27.6. The zero-order chi connectivity index (χ0) is 21.0. The number of ether oxygens (including phenoxy) is 2. The number of carbonyl (C=O) groups excluding carboxylic acids is 2. The van der Waals surface area contributed by atoms with E-state index < -0.39 is 17.8 Å². The molecule has 0 spiro atoms. The van der Waals surface area contributed by atoms with Crippen LogP contribution in [0, 0.1) is 0 Å². The number of hydrogen-bond acceptors (Lipinski definition) is 4. The summed E-state index contributed by atoms with van der Waals surface area (Å²) in [5.74, 6) is -0.749. The Hall–Kier alpha value is -3.44. The number of amides is 1. The van der Waals surface area contributed by atoms with Crippen LogP contribution >= 0.6 is 0 Å². The fourth-order valence-electron chi connectivity index (χ4n) is 3.89. The van der Waals surface area contributed by atoms with Gasteiger partial charge in [0.1, 0.15) is 6.54 Å². The number of carbonyl (C=O) groups is 2. The van der Waals surface area contributed by atoms with Crippen molar-refractivity contribution in [2.45, 2.75) is 18.8 Å². The Morgan fingerprint density at radius 1 is 0.900 bits per heavy atom. The van der Waals surface area contributed by atoms with E-state index in [1.165, 1.54) is 4.90 Å². The van der Waals surface area contributed by atoms with Gasteiger partial charge in [-0.25, -0.2) is 0 Å². The van der Waals surface area contributed by atoms with Gasteiger partial charge in [0.25, 0.3) is 5.91 Å². The van der Waals surface area contributed by atoms with Crippen molar-refractivity contribution in [1.29, 1.82) is 0 Å². The minimum Gasteiger partial charge on any atom is -0.465 e. The van der Waals surface area contributed by atoms with Crippen molar-refractivity contribution >= 4 is 11.9 Å². The lowest BCUT2D eigenvalue weighted by atomic mass is 9.93. The zero-order valence-corrected chi connectivity index (χ0v) is 16.7. The third kappa shape index (κ3) is 3.48. The highest BCUT2D eigenvalue weighted by Crippen LogP contribution is 2.47. The van der Waals surface area contributed by atoms with Gasteiger partial charge in [-0.15, -0.1) is 0 Å². The maximum atomic E-state index is 13.6. The molecule has 1 saturated heterocycles. The molecular formula is C25H23NO4. The van der Waals surface area contributed by atoms with Crippen molar-refractivity contribution in [3.05, 3.63) is 108 Å². The molecule has 152 valence electrons. The molecule has 0 aliphatic carbocycles. The average molecular weight is 401 g/mol. The topological polar surface area (TPSA) is 55.8 Å². The lowest BCUT2D eigenvalue weighted by Crippen LogP contribution is -2.48. The Morgan fingerprint density at radius 3 is 1.90 bits per heavy atom. The van der Waals surface area contributed by atoms with Crippen LogP contribution in [-0.2, 0) is 24.8 Å². The van der Waals surface area contributed by atoms with Gasteiger partial charge >= 0.3 is 5.97 Å². The molecule has 0 bridgehead atoms. The second-order valence-electron chi connectivity index (χ2n) is 7.01. The van der Waals surface area contributed by atoms with Crippen LogP contribution in [0.4, 0.5) is 0 Å². The fourth-order valence-corrected chi connectivity index (χ4v) is 3.89. The summed E-state index contributed by atoms with van der Waals surface area (Å²) in [6.45, 7) is 1.78. The summed E-state index contributed by atoms with van der Waals surface area (Å²) >= 11 is 0. The lowest BCUT2D eigenvalue weighted by Gasteiger charge is -2.37. The molecule has 3 aromatic carbocycles. The fraction of sp³-hybridized carbons (Fsp3) is 0.200. The van der Waals surface area contributed by atoms with Crippen molar-refractivity contribution in [3.63, 3.8) is 0 Å². The molecule has 0 radical (unpaired) electrons. The molecule has 1 aliphatic heterocycles. The third-order valence-electron chi connectivity index (χ3n) is 5.18. The van der Waals surface area contributed by atoms with Crippen molar-refractivity contribution in [3.8, 4) is 0 Å². The highest BCUT2D eigenvalue weighted by molar-refractivity contribution is 5.89. The van der Waals surface area contributed by atoms with Crippen LogP contribution in [0.25, 0.3) is 0 Å². The van der Waals surface area contributed by atoms with Crippen molar-refractivity contribution in [2.75, 3.05) is 13.2 Å². The van der Waals surface area contributed by atoms with Gasteiger partial charge in [-0.1, -0.05) is 91.0 Å². The first-order valence-electron chi connectivity index (χ1n) is 9.97. The molecule has 30 heavy (non-hydrogen) atoms. The quantitative estimate of drug-likeness (QED) is 0.585. The van der Waals surface area contributed by atoms with E-state index in [0.717, 1.165) is 16.7 Å². The number of nitrogens with zero attached hydrogens (tertiary/aromatic N) is 1. The molecule has 1 heterocycles. The Kier molecular flexibility index (Phi) is 5.63. The van der Waals surface area contributed by atoms with Gasteiger partial charge in [0.15, 0.2) is 11.8 Å². The maximum Gasteiger partial charge on any atom is 0.325 e. The van der Waals surface area contributed by atoms with Gasteiger partial charge < -0.3 is 9.47 Å². The summed E-state index contributed by atoms with van der Waals surface area (Å²) in [5, 5.41) is 0. The summed E-state index contributed by atoms with van der Waals surface area (Å²) in [6.07, 6.45) is -0.832. The highest BCUT2D eigenvalue weighted by Gasteiger charge is 2.55. The van der Waals surface area contributed by atoms with E-state index in [4.69, 9.17) is 9.47 Å². The summed E-state index contributed by atoms with van der Waals surface area (Å²) in [6, 6.07) is 28.4. The van der Waals surface area contributed by atoms with Crippen LogP contribution < -0.4 is 0 Å². The molecule has 3 aromatic rings. The first kappa shape index (κ1) is 19.9. The smallest absolute Gasteiger partial charge is 0.325 e. The molecule has 5 nitrogen and oxygen atoms in total. The van der Waals surface area contributed by atoms with Gasteiger partial charge in [-0.3, -0.25) is 14.5 Å². The molecule has 4 rings (SSSR count). The number of esters is 1. The van der Waals surface area contributed by atoms with Crippen LogP contribution in [0.3, 0.4) is 0 Å². The monoisotopic (exact) mass is 401 g/mol. The number of hydrogen-bond donors (Lipinski definition) is 0. The van der Waals surface area contributed by atoms with Gasteiger partial charge in [0, 0.05) is 11.1 Å². The Balaban J connectivity index is 1.90. The standard InChI is InChI=1S/C25H23NO4/c1-2-29-22(27)18-26-24(28)23(19-12-6-3-7-13-19)30-25(26,20-14-8-4-9-15-20)21-16-10-5-11-17-21/h3-17,23H,2,18H2,1H3. The van der Waals surface area contributed by atoms with Gasteiger partial charge in [-0.2, -0.15) is 0 Å². The van der Waals surface area contributed by atoms with Crippen LogP contribution in [0.1, 0.15) is 29.7 Å². The number of benzene rings is 3. The second kappa shape index (κ2) is 8.51. The minimum atomic E-state index is -1.24. The van der Waals surface area contributed by atoms with E-state index in [1.807, 2.05) is 91.0 Å². The van der Waals surface area contributed by atoms with Gasteiger partial charge in [0.2, 0.25) is 0 Å². The van der Waals surface area contributed by atoms with E-state index in [-0.39, 0.29) is 19.1 Å². The SMILES string of the molecule is CCOC(=O)CN1C(=O)C(c2ccccc2)OC1(c1ccccc1)c1ccccc1. The number of rotatable bonds is 6. The normalized spacial score (nSPS) is 17.7. The van der Waals surface area contributed by atoms with Crippen LogP contribution in [0.5, 0.6) is 0 Å². The Morgan fingerprint density at radius 2 is 1.40 bits per heavy atom. The molecule has 5 heteroatoms. The molecular weight excluding hydrogens is 378 g/mol. The predicted octanol–water partition coefficient (Wildman–Crippen LogP) is 4.05. The van der Waals surface area contributed by atoms with E-state index in [1.54, 1.807) is 6.92 Å². The summed E-state index contributed by atoms with van der Waals surface area (Å²) in [7, 11) is 0. The van der Waals surface area contributed by atoms with Crippen LogP contribution in [0.15, 0.2) is 91.0 Å². The first-order valence-corrected chi connectivity index (χ1v) is 9.97. The molecule has 1 atom stereocenters. The summed E-state index contributed by atoms with van der Waals surface area (Å²) < 4.78 is 11.7. The van der Waals surface area contributed by atoms with E-state index in [9.17, 15) is 9.59 Å². The largest absolute Gasteiger partial charge is 0.465 e. The molecule has 1 amide bonds. The van der Waals surface area contributed by atoms with Crippen molar-refractivity contribution in [1.82, 2.24) is 4.90 Å². The average Bonchev–Trinajstić information content (AvgIpc) is 3.09. The van der Waals surface area contributed by atoms with Crippen LogP contribution in [-0.4, -0.2) is 29.9 Å². The van der Waals surface area contributed by atoms with Crippen LogP contribution in [0.2, 0.25) is 0 Å². The molecule has 1 aliphatic rings. The lowest BCUT2D eigenvalue weighted by molar-refractivity contribution is -0.153. The minimum absolute atomic E-state index is 0.209. The molecule has 0 N–H and O–H groups in total. The molecule has 0 aromatic heterocycles. The van der Waals surface area contributed by atoms with Crippen molar-refractivity contribution in [2.24, 2.45) is 0 Å². The van der Waals surface area contributed by atoms with E-state index >= 15 is 0 Å². The van der Waals surface area contributed by atoms with E-state index in [2.05, 4.69) is 0 Å². The third-order valence-corrected chi connectivity index (χ3v) is 5.18. The maximum absolute atomic E-state index is 13.6.